The molecule has 0 aliphatic heterocycles. The molecule has 2 rings (SSSR count). The molecule has 0 spiro atoms. The highest BCUT2D eigenvalue weighted by atomic mass is 32.2. The van der Waals surface area contributed by atoms with Crippen LogP contribution in [0, 0.1) is 0 Å². The molecule has 6 nitrogen and oxygen atoms in total. The molecular formula is C13H18N4O2S. The summed E-state index contributed by atoms with van der Waals surface area (Å²) in [6.07, 6.45) is 4.86. The number of sulfonamides is 1. The number of nitrogens with one attached hydrogen (secondary N) is 3. The monoisotopic (exact) mass is 294 g/mol. The van der Waals surface area contributed by atoms with Gasteiger partial charge in [-0.1, -0.05) is 12.1 Å². The zero-order valence-corrected chi connectivity index (χ0v) is 12.1. The minimum absolute atomic E-state index is 0.246. The van der Waals surface area contributed by atoms with E-state index in [0.717, 1.165) is 24.9 Å². The van der Waals surface area contributed by atoms with Gasteiger partial charge in [-0.05, 0) is 44.1 Å². The minimum Gasteiger partial charge on any atom is -0.320 e. The summed E-state index contributed by atoms with van der Waals surface area (Å²) >= 11 is 0. The lowest BCUT2D eigenvalue weighted by atomic mass is 10.1. The molecule has 0 amide bonds. The van der Waals surface area contributed by atoms with E-state index in [1.807, 2.05) is 19.2 Å². The van der Waals surface area contributed by atoms with Crippen LogP contribution in [0.5, 0.6) is 0 Å². The van der Waals surface area contributed by atoms with Gasteiger partial charge < -0.3 is 5.32 Å². The number of nitrogens with zero attached hydrogens (tertiary/aromatic N) is 1. The third-order valence-electron chi connectivity index (χ3n) is 2.88. The van der Waals surface area contributed by atoms with Gasteiger partial charge in [0.15, 0.2) is 0 Å². The average Bonchev–Trinajstić information content (AvgIpc) is 2.92. The van der Waals surface area contributed by atoms with Crippen molar-refractivity contribution in [1.29, 1.82) is 0 Å². The van der Waals surface area contributed by atoms with E-state index in [0.29, 0.717) is 5.69 Å². The lowest BCUT2D eigenvalue weighted by Crippen LogP contribution is -2.12. The molecule has 0 saturated carbocycles. The maximum Gasteiger partial charge on any atom is 0.261 e. The van der Waals surface area contributed by atoms with Gasteiger partial charge in [0.2, 0.25) is 0 Å². The smallest absolute Gasteiger partial charge is 0.261 e. The van der Waals surface area contributed by atoms with E-state index in [9.17, 15) is 8.42 Å². The molecule has 0 fully saturated rings. The maximum atomic E-state index is 12.1. The van der Waals surface area contributed by atoms with Gasteiger partial charge in [0.05, 0.1) is 16.8 Å². The Bertz CT molecular complexity index is 621. The van der Waals surface area contributed by atoms with Crippen molar-refractivity contribution in [1.82, 2.24) is 15.5 Å². The second-order valence-electron chi connectivity index (χ2n) is 4.44. The van der Waals surface area contributed by atoms with Crippen molar-refractivity contribution in [2.24, 2.45) is 0 Å². The lowest BCUT2D eigenvalue weighted by molar-refractivity contribution is 0.601. The lowest BCUT2D eigenvalue weighted by Gasteiger charge is -2.07. The highest BCUT2D eigenvalue weighted by Gasteiger charge is 2.14. The third kappa shape index (κ3) is 3.82. The third-order valence-corrected chi connectivity index (χ3v) is 4.27. The quantitative estimate of drug-likeness (QED) is 0.673. The van der Waals surface area contributed by atoms with Crippen LogP contribution in [0.2, 0.25) is 0 Å². The molecule has 0 aliphatic carbocycles. The van der Waals surface area contributed by atoms with Gasteiger partial charge in [-0.3, -0.25) is 9.82 Å². The standard InChI is InChI=1S/C13H18N4O2S/c1-14-8-2-3-11-4-6-13(7-5-11)20(18,19)17-12-9-15-16-10-12/h4-7,9-10,14,17H,2-3,8H2,1H3,(H,15,16). The Morgan fingerprint density at radius 2 is 2.00 bits per heavy atom. The van der Waals surface area contributed by atoms with Crippen molar-refractivity contribution in [3.05, 3.63) is 42.2 Å². The predicted octanol–water partition coefficient (Wildman–Crippen LogP) is 1.36. The molecule has 20 heavy (non-hydrogen) atoms. The van der Waals surface area contributed by atoms with Gasteiger partial charge >= 0.3 is 0 Å². The Kier molecular flexibility index (Phi) is 4.75. The van der Waals surface area contributed by atoms with Crippen LogP contribution in [0.1, 0.15) is 12.0 Å². The summed E-state index contributed by atoms with van der Waals surface area (Å²) in [7, 11) is -1.63. The summed E-state index contributed by atoms with van der Waals surface area (Å²) in [6.45, 7) is 0.947. The van der Waals surface area contributed by atoms with Crippen molar-refractivity contribution < 1.29 is 8.42 Å². The number of aromatic nitrogens is 2. The highest BCUT2D eigenvalue weighted by Crippen LogP contribution is 2.15. The number of hydrogen-bond donors (Lipinski definition) is 3. The number of anilines is 1. The largest absolute Gasteiger partial charge is 0.320 e. The van der Waals surface area contributed by atoms with Gasteiger partial charge in [-0.25, -0.2) is 8.42 Å². The molecule has 3 N–H and O–H groups in total. The summed E-state index contributed by atoms with van der Waals surface area (Å²) in [5.41, 5.74) is 1.55. The Balaban J connectivity index is 2.05. The van der Waals surface area contributed by atoms with Crippen LogP contribution in [0.25, 0.3) is 0 Å². The molecule has 1 aromatic heterocycles. The molecule has 7 heteroatoms. The predicted molar refractivity (Wildman–Crippen MR) is 78.1 cm³/mol. The normalized spacial score (nSPS) is 11.4. The first-order chi connectivity index (χ1) is 9.62. The van der Waals surface area contributed by atoms with Crippen molar-refractivity contribution in [3.63, 3.8) is 0 Å². The number of rotatable bonds is 7. The molecule has 2 aromatic rings. The molecule has 0 radical (unpaired) electrons. The zero-order chi connectivity index (χ0) is 14.4. The zero-order valence-electron chi connectivity index (χ0n) is 11.3. The highest BCUT2D eigenvalue weighted by molar-refractivity contribution is 7.92. The van der Waals surface area contributed by atoms with Gasteiger partial charge in [0.25, 0.3) is 10.0 Å². The fourth-order valence-corrected chi connectivity index (χ4v) is 2.86. The van der Waals surface area contributed by atoms with Crippen LogP contribution >= 0.6 is 0 Å². The number of aromatic amines is 1. The molecule has 0 unspecified atom stereocenters. The van der Waals surface area contributed by atoms with Crippen molar-refractivity contribution in [3.8, 4) is 0 Å². The number of H-pyrrole nitrogens is 1. The first-order valence-corrected chi connectivity index (χ1v) is 7.85. The van der Waals surface area contributed by atoms with E-state index in [1.165, 1.54) is 12.4 Å². The second kappa shape index (κ2) is 6.53. The summed E-state index contributed by atoms with van der Waals surface area (Å²) in [5.74, 6) is 0. The Morgan fingerprint density at radius 1 is 1.25 bits per heavy atom. The fraction of sp³-hybridized carbons (Fsp3) is 0.308. The van der Waals surface area contributed by atoms with Gasteiger partial charge in [0.1, 0.15) is 0 Å². The van der Waals surface area contributed by atoms with Gasteiger partial charge in [-0.15, -0.1) is 0 Å². The number of aryl methyl sites for hydroxylation is 1. The first-order valence-electron chi connectivity index (χ1n) is 6.37. The summed E-state index contributed by atoms with van der Waals surface area (Å²) in [4.78, 5) is 0.246. The van der Waals surface area contributed by atoms with E-state index in [1.54, 1.807) is 12.1 Å². The first kappa shape index (κ1) is 14.5. The van der Waals surface area contributed by atoms with Crippen molar-refractivity contribution >= 4 is 15.7 Å². The van der Waals surface area contributed by atoms with E-state index < -0.39 is 10.0 Å². The molecule has 108 valence electrons. The van der Waals surface area contributed by atoms with Gasteiger partial charge in [0, 0.05) is 6.20 Å². The number of hydrogen-bond acceptors (Lipinski definition) is 4. The Hall–Kier alpha value is -1.86. The van der Waals surface area contributed by atoms with E-state index in [2.05, 4.69) is 20.2 Å². The Labute approximate surface area is 118 Å². The van der Waals surface area contributed by atoms with Crippen molar-refractivity contribution in [2.75, 3.05) is 18.3 Å². The average molecular weight is 294 g/mol. The summed E-state index contributed by atoms with van der Waals surface area (Å²) < 4.78 is 26.7. The van der Waals surface area contributed by atoms with Gasteiger partial charge in [-0.2, -0.15) is 5.10 Å². The molecule has 0 bridgehead atoms. The molecule has 1 heterocycles. The maximum absolute atomic E-state index is 12.1. The second-order valence-corrected chi connectivity index (χ2v) is 6.13. The van der Waals surface area contributed by atoms with E-state index in [4.69, 9.17) is 0 Å². The molecule has 0 saturated heterocycles. The molecular weight excluding hydrogens is 276 g/mol. The van der Waals surface area contributed by atoms with Crippen LogP contribution in [0.15, 0.2) is 41.6 Å². The molecule has 1 aromatic carbocycles. The van der Waals surface area contributed by atoms with Crippen LogP contribution in [0.4, 0.5) is 5.69 Å². The van der Waals surface area contributed by atoms with Crippen LogP contribution in [-0.4, -0.2) is 32.2 Å². The minimum atomic E-state index is -3.55. The van der Waals surface area contributed by atoms with Crippen LogP contribution in [0.3, 0.4) is 0 Å². The summed E-state index contributed by atoms with van der Waals surface area (Å²) in [6, 6.07) is 6.94. The Morgan fingerprint density at radius 3 is 2.60 bits per heavy atom. The van der Waals surface area contributed by atoms with E-state index >= 15 is 0 Å². The van der Waals surface area contributed by atoms with Crippen LogP contribution in [-0.2, 0) is 16.4 Å². The van der Waals surface area contributed by atoms with Crippen LogP contribution < -0.4 is 10.0 Å². The SMILES string of the molecule is CNCCCc1ccc(S(=O)(=O)Nc2cn[nH]c2)cc1. The number of benzene rings is 1. The fourth-order valence-electron chi connectivity index (χ4n) is 1.83. The van der Waals surface area contributed by atoms with E-state index in [-0.39, 0.29) is 4.90 Å². The molecule has 0 atom stereocenters. The topological polar surface area (TPSA) is 86.9 Å². The molecule has 0 aliphatic rings. The van der Waals surface area contributed by atoms with Crippen molar-refractivity contribution in [2.45, 2.75) is 17.7 Å². The summed E-state index contributed by atoms with van der Waals surface area (Å²) in [5, 5.41) is 9.34.